The fourth-order valence-electron chi connectivity index (χ4n) is 3.22. The number of nitrogens with zero attached hydrogens (tertiary/aromatic N) is 2. The number of likely N-dealkylation sites (tertiary alicyclic amines) is 1. The summed E-state index contributed by atoms with van der Waals surface area (Å²) in [6.07, 6.45) is 4.14. The van der Waals surface area contributed by atoms with Gasteiger partial charge in [0.15, 0.2) is 0 Å². The highest BCUT2D eigenvalue weighted by atomic mass is 32.1. The normalized spacial score (nSPS) is 20.1. The minimum atomic E-state index is 0.146. The first kappa shape index (κ1) is 17.9. The van der Waals surface area contributed by atoms with Crippen molar-refractivity contribution < 1.29 is 0 Å². The van der Waals surface area contributed by atoms with E-state index in [-0.39, 0.29) is 5.41 Å². The third-order valence-corrected chi connectivity index (χ3v) is 6.15. The molecule has 1 aromatic heterocycles. The molecule has 0 aromatic carbocycles. The molecule has 1 fully saturated rings. The van der Waals surface area contributed by atoms with Gasteiger partial charge in [0.1, 0.15) is 0 Å². The highest BCUT2D eigenvalue weighted by molar-refractivity contribution is 7.12. The van der Waals surface area contributed by atoms with E-state index >= 15 is 0 Å². The maximum absolute atomic E-state index is 4.79. The summed E-state index contributed by atoms with van der Waals surface area (Å²) in [5.41, 5.74) is 1.34. The van der Waals surface area contributed by atoms with Crippen LogP contribution in [0, 0.1) is 6.92 Å². The molecular weight excluding hydrogens is 290 g/mol. The first-order valence-corrected chi connectivity index (χ1v) is 9.55. The minimum absolute atomic E-state index is 0.146. The van der Waals surface area contributed by atoms with Crippen LogP contribution in [-0.4, -0.2) is 35.6 Å². The summed E-state index contributed by atoms with van der Waals surface area (Å²) >= 11 is 1.88. The SMILES string of the molecule is Cc1nc(C(C)(C)C)sc1C(C)NC(C)CN1CCCCC1. The molecule has 4 heteroatoms. The predicted molar refractivity (Wildman–Crippen MR) is 96.9 cm³/mol. The van der Waals surface area contributed by atoms with Crippen LogP contribution in [-0.2, 0) is 5.41 Å². The Kier molecular flexibility index (Phi) is 6.03. The maximum atomic E-state index is 4.79. The van der Waals surface area contributed by atoms with Crippen LogP contribution in [0.15, 0.2) is 0 Å². The number of piperidine rings is 1. The smallest absolute Gasteiger partial charge is 0.0985 e. The van der Waals surface area contributed by atoms with Crippen LogP contribution in [0.1, 0.15) is 75.5 Å². The molecule has 2 atom stereocenters. The second-order valence-corrected chi connectivity index (χ2v) is 8.90. The van der Waals surface area contributed by atoms with E-state index in [2.05, 4.69) is 51.8 Å². The molecule has 2 heterocycles. The Morgan fingerprint density at radius 3 is 2.36 bits per heavy atom. The van der Waals surface area contributed by atoms with E-state index in [0.29, 0.717) is 12.1 Å². The Bertz CT molecular complexity index is 469. The lowest BCUT2D eigenvalue weighted by Crippen LogP contribution is -2.42. The molecule has 0 aliphatic carbocycles. The summed E-state index contributed by atoms with van der Waals surface area (Å²) in [7, 11) is 0. The number of rotatable bonds is 5. The highest BCUT2D eigenvalue weighted by Crippen LogP contribution is 2.32. The summed E-state index contributed by atoms with van der Waals surface area (Å²) in [4.78, 5) is 8.80. The van der Waals surface area contributed by atoms with Crippen molar-refractivity contribution in [2.24, 2.45) is 0 Å². The molecule has 22 heavy (non-hydrogen) atoms. The number of aryl methyl sites for hydroxylation is 1. The topological polar surface area (TPSA) is 28.2 Å². The Balaban J connectivity index is 1.93. The highest BCUT2D eigenvalue weighted by Gasteiger charge is 2.23. The molecule has 0 saturated carbocycles. The van der Waals surface area contributed by atoms with Crippen molar-refractivity contribution >= 4 is 11.3 Å². The van der Waals surface area contributed by atoms with Gasteiger partial charge >= 0.3 is 0 Å². The van der Waals surface area contributed by atoms with E-state index in [1.807, 2.05) is 11.3 Å². The summed E-state index contributed by atoms with van der Waals surface area (Å²) in [5.74, 6) is 0. The molecule has 1 aromatic rings. The molecule has 2 unspecified atom stereocenters. The molecule has 1 aliphatic heterocycles. The van der Waals surface area contributed by atoms with E-state index in [1.54, 1.807) is 0 Å². The second kappa shape index (κ2) is 7.41. The monoisotopic (exact) mass is 323 g/mol. The zero-order valence-electron chi connectivity index (χ0n) is 15.2. The van der Waals surface area contributed by atoms with Gasteiger partial charge in [-0.2, -0.15) is 0 Å². The molecule has 1 aliphatic rings. The number of hydrogen-bond donors (Lipinski definition) is 1. The molecule has 1 saturated heterocycles. The maximum Gasteiger partial charge on any atom is 0.0985 e. The quantitative estimate of drug-likeness (QED) is 0.877. The minimum Gasteiger partial charge on any atom is -0.306 e. The predicted octanol–water partition coefficient (Wildman–Crippen LogP) is 4.27. The lowest BCUT2D eigenvalue weighted by molar-refractivity contribution is 0.205. The average molecular weight is 324 g/mol. The molecular formula is C18H33N3S. The molecule has 0 radical (unpaired) electrons. The van der Waals surface area contributed by atoms with Gasteiger partial charge < -0.3 is 10.2 Å². The molecule has 0 spiro atoms. The van der Waals surface area contributed by atoms with Gasteiger partial charge in [0, 0.05) is 28.9 Å². The van der Waals surface area contributed by atoms with Crippen LogP contribution in [0.5, 0.6) is 0 Å². The lowest BCUT2D eigenvalue weighted by atomic mass is 9.98. The number of hydrogen-bond acceptors (Lipinski definition) is 4. The second-order valence-electron chi connectivity index (χ2n) is 7.87. The van der Waals surface area contributed by atoms with Crippen molar-refractivity contribution in [3.05, 3.63) is 15.6 Å². The van der Waals surface area contributed by atoms with Crippen LogP contribution in [0.3, 0.4) is 0 Å². The fourth-order valence-corrected chi connectivity index (χ4v) is 4.35. The van der Waals surface area contributed by atoms with Crippen molar-refractivity contribution in [2.45, 2.75) is 78.3 Å². The van der Waals surface area contributed by atoms with Gasteiger partial charge in [0.05, 0.1) is 10.7 Å². The first-order chi connectivity index (χ1) is 10.3. The summed E-state index contributed by atoms with van der Waals surface area (Å²) in [5, 5.41) is 5.03. The molecule has 1 N–H and O–H groups in total. The Morgan fingerprint density at radius 2 is 1.82 bits per heavy atom. The van der Waals surface area contributed by atoms with Crippen molar-refractivity contribution in [3.63, 3.8) is 0 Å². The third-order valence-electron chi connectivity index (χ3n) is 4.38. The van der Waals surface area contributed by atoms with E-state index in [4.69, 9.17) is 4.98 Å². The zero-order chi connectivity index (χ0) is 16.3. The molecule has 3 nitrogen and oxygen atoms in total. The van der Waals surface area contributed by atoms with Crippen molar-refractivity contribution in [3.8, 4) is 0 Å². The van der Waals surface area contributed by atoms with Gasteiger partial charge in [-0.05, 0) is 46.7 Å². The van der Waals surface area contributed by atoms with Crippen LogP contribution in [0.25, 0.3) is 0 Å². The van der Waals surface area contributed by atoms with Crippen molar-refractivity contribution in [2.75, 3.05) is 19.6 Å². The van der Waals surface area contributed by atoms with E-state index in [9.17, 15) is 0 Å². The molecule has 126 valence electrons. The average Bonchev–Trinajstić information content (AvgIpc) is 2.82. The van der Waals surface area contributed by atoms with E-state index < -0.39 is 0 Å². The van der Waals surface area contributed by atoms with Crippen LogP contribution in [0.4, 0.5) is 0 Å². The van der Waals surface area contributed by atoms with Crippen LogP contribution in [0.2, 0.25) is 0 Å². The van der Waals surface area contributed by atoms with Crippen molar-refractivity contribution in [1.29, 1.82) is 0 Å². The molecule has 0 amide bonds. The fraction of sp³-hybridized carbons (Fsp3) is 0.833. The number of thiazole rings is 1. The molecule has 0 bridgehead atoms. The lowest BCUT2D eigenvalue weighted by Gasteiger charge is -2.30. The third kappa shape index (κ3) is 4.77. The van der Waals surface area contributed by atoms with Gasteiger partial charge in [0.2, 0.25) is 0 Å². The first-order valence-electron chi connectivity index (χ1n) is 8.73. The Morgan fingerprint density at radius 1 is 1.18 bits per heavy atom. The van der Waals surface area contributed by atoms with E-state index in [1.165, 1.54) is 47.9 Å². The number of aromatic nitrogens is 1. The molecule has 2 rings (SSSR count). The Hall–Kier alpha value is -0.450. The van der Waals surface area contributed by atoms with Gasteiger partial charge in [-0.25, -0.2) is 4.98 Å². The number of nitrogens with one attached hydrogen (secondary N) is 1. The van der Waals surface area contributed by atoms with E-state index in [0.717, 1.165) is 6.54 Å². The van der Waals surface area contributed by atoms with Crippen molar-refractivity contribution in [1.82, 2.24) is 15.2 Å². The summed E-state index contributed by atoms with van der Waals surface area (Å²) in [6, 6.07) is 0.904. The largest absolute Gasteiger partial charge is 0.306 e. The van der Waals surface area contributed by atoms with Gasteiger partial charge in [0.25, 0.3) is 0 Å². The zero-order valence-corrected chi connectivity index (χ0v) is 16.0. The standard InChI is InChI=1S/C18H33N3S/c1-13(12-21-10-8-7-9-11-21)19-14(2)16-15(3)20-17(22-16)18(4,5)6/h13-14,19H,7-12H2,1-6H3. The summed E-state index contributed by atoms with van der Waals surface area (Å²) in [6.45, 7) is 17.2. The van der Waals surface area contributed by atoms with Gasteiger partial charge in [-0.15, -0.1) is 11.3 Å². The Labute approximate surface area is 140 Å². The van der Waals surface area contributed by atoms with Gasteiger partial charge in [-0.3, -0.25) is 0 Å². The summed E-state index contributed by atoms with van der Waals surface area (Å²) < 4.78 is 0. The van der Waals surface area contributed by atoms with Crippen LogP contribution < -0.4 is 5.32 Å². The van der Waals surface area contributed by atoms with Crippen LogP contribution >= 0.6 is 11.3 Å². The van der Waals surface area contributed by atoms with Gasteiger partial charge in [-0.1, -0.05) is 27.2 Å².